The van der Waals surface area contributed by atoms with Gasteiger partial charge >= 0.3 is 0 Å². The predicted octanol–water partition coefficient (Wildman–Crippen LogP) is 3.99. The minimum absolute atomic E-state index is 0.176. The van der Waals surface area contributed by atoms with E-state index < -0.39 is 0 Å². The maximum absolute atomic E-state index is 13.5. The number of hydrogen-bond acceptors (Lipinski definition) is 5. The van der Waals surface area contributed by atoms with Crippen molar-refractivity contribution in [2.24, 2.45) is 0 Å². The average Bonchev–Trinajstić information content (AvgIpc) is 3.32. The maximum atomic E-state index is 13.5. The number of ether oxygens (including phenoxy) is 1. The summed E-state index contributed by atoms with van der Waals surface area (Å²) in [5.74, 6) is 0.501. The fourth-order valence-electron chi connectivity index (χ4n) is 4.66. The van der Waals surface area contributed by atoms with Crippen LogP contribution in [0.15, 0.2) is 59.5 Å². The second-order valence-electron chi connectivity index (χ2n) is 8.54. The molecule has 1 aliphatic rings. The lowest BCUT2D eigenvalue weighted by Crippen LogP contribution is -2.38. The van der Waals surface area contributed by atoms with Gasteiger partial charge in [-0.3, -0.25) is 14.5 Å². The largest absolute Gasteiger partial charge is 0.497 e. The van der Waals surface area contributed by atoms with Crippen molar-refractivity contribution in [3.05, 3.63) is 92.5 Å². The van der Waals surface area contributed by atoms with E-state index in [4.69, 9.17) is 16.3 Å². The highest BCUT2D eigenvalue weighted by atomic mass is 35.5. The van der Waals surface area contributed by atoms with E-state index in [-0.39, 0.29) is 11.5 Å². The molecule has 0 fully saturated rings. The number of fused-ring (bicyclic) bond motifs is 2. The van der Waals surface area contributed by atoms with Crippen LogP contribution in [0.2, 0.25) is 5.02 Å². The van der Waals surface area contributed by atoms with Crippen molar-refractivity contribution in [1.82, 2.24) is 19.1 Å². The molecule has 5 rings (SSSR count). The van der Waals surface area contributed by atoms with E-state index in [1.165, 1.54) is 10.7 Å². The summed E-state index contributed by atoms with van der Waals surface area (Å²) >= 11 is 5.95. The van der Waals surface area contributed by atoms with Gasteiger partial charge in [0.25, 0.3) is 11.5 Å². The molecule has 35 heavy (non-hydrogen) atoms. The number of nitrogens with one attached hydrogen (secondary N) is 1. The summed E-state index contributed by atoms with van der Waals surface area (Å²) in [7, 11) is 1.65. The van der Waals surface area contributed by atoms with Crippen LogP contribution in [0.25, 0.3) is 5.65 Å². The number of aryl methyl sites for hydroxylation is 1. The Kier molecular flexibility index (Phi) is 6.32. The summed E-state index contributed by atoms with van der Waals surface area (Å²) < 4.78 is 8.65. The first-order chi connectivity index (χ1) is 17.0. The molecule has 180 valence electrons. The predicted molar refractivity (Wildman–Crippen MR) is 135 cm³/mol. The Morgan fingerprint density at radius 1 is 1.14 bits per heavy atom. The van der Waals surface area contributed by atoms with Crippen LogP contribution >= 0.6 is 11.6 Å². The van der Waals surface area contributed by atoms with E-state index in [0.717, 1.165) is 35.7 Å². The number of halogens is 1. The van der Waals surface area contributed by atoms with Gasteiger partial charge in [-0.25, -0.2) is 0 Å². The van der Waals surface area contributed by atoms with Gasteiger partial charge in [-0.1, -0.05) is 23.7 Å². The van der Waals surface area contributed by atoms with Crippen LogP contribution in [0.3, 0.4) is 0 Å². The summed E-state index contributed by atoms with van der Waals surface area (Å²) in [6, 6.07) is 14.9. The average molecular weight is 492 g/mol. The summed E-state index contributed by atoms with van der Waals surface area (Å²) in [5, 5.41) is 7.77. The molecule has 2 aromatic carbocycles. The van der Waals surface area contributed by atoms with Gasteiger partial charge in [0.05, 0.1) is 18.9 Å². The lowest BCUT2D eigenvalue weighted by Gasteiger charge is -2.30. The zero-order chi connectivity index (χ0) is 24.5. The Labute approximate surface area is 207 Å². The fourth-order valence-corrected chi connectivity index (χ4v) is 4.79. The lowest BCUT2D eigenvalue weighted by atomic mass is 10.0. The van der Waals surface area contributed by atoms with Crippen molar-refractivity contribution in [3.8, 4) is 5.75 Å². The fraction of sp³-hybridized carbons (Fsp3) is 0.269. The zero-order valence-corrected chi connectivity index (χ0v) is 20.4. The molecule has 0 saturated carbocycles. The topological polar surface area (TPSA) is 80.9 Å². The molecule has 1 aliphatic heterocycles. The van der Waals surface area contributed by atoms with Crippen LogP contribution in [-0.2, 0) is 26.1 Å². The Morgan fingerprint density at radius 2 is 1.89 bits per heavy atom. The number of anilines is 1. The van der Waals surface area contributed by atoms with Gasteiger partial charge in [0.15, 0.2) is 5.65 Å². The van der Waals surface area contributed by atoms with Crippen molar-refractivity contribution in [2.45, 2.75) is 33.0 Å². The van der Waals surface area contributed by atoms with Gasteiger partial charge in [0.1, 0.15) is 11.3 Å². The lowest BCUT2D eigenvalue weighted by molar-refractivity contribution is 0.102. The zero-order valence-electron chi connectivity index (χ0n) is 19.6. The van der Waals surface area contributed by atoms with Crippen molar-refractivity contribution in [1.29, 1.82) is 0 Å². The number of nitrogens with zero attached hydrogens (tertiary/aromatic N) is 4. The van der Waals surface area contributed by atoms with E-state index in [1.807, 2.05) is 35.8 Å². The van der Waals surface area contributed by atoms with Crippen molar-refractivity contribution in [2.75, 3.05) is 19.0 Å². The summed E-state index contributed by atoms with van der Waals surface area (Å²) in [5.41, 5.74) is 4.19. The second kappa shape index (κ2) is 9.56. The second-order valence-corrected chi connectivity index (χ2v) is 8.97. The first kappa shape index (κ1) is 23.1. The van der Waals surface area contributed by atoms with Crippen LogP contribution in [0.4, 0.5) is 5.69 Å². The standard InChI is InChI=1S/C26H26ClN5O3/c1-3-31-23-12-13-30(15-17-4-10-20(35-2)11-5-17)16-22(23)26(34)32-25(31)21(14-28-32)24(33)29-19-8-6-18(27)7-9-19/h4-11,14H,3,12-13,15-16H2,1-2H3,(H,29,33). The van der Waals surface area contributed by atoms with Crippen LogP contribution in [0.5, 0.6) is 5.75 Å². The molecule has 2 aromatic heterocycles. The summed E-state index contributed by atoms with van der Waals surface area (Å²) in [6.07, 6.45) is 2.18. The molecule has 0 atom stereocenters. The number of amides is 1. The molecule has 0 radical (unpaired) electrons. The monoisotopic (exact) mass is 491 g/mol. The third-order valence-corrected chi connectivity index (χ3v) is 6.65. The molecule has 0 bridgehead atoms. The Bertz CT molecular complexity index is 1440. The molecule has 0 unspecified atom stereocenters. The summed E-state index contributed by atoms with van der Waals surface area (Å²) in [4.78, 5) is 28.8. The third-order valence-electron chi connectivity index (χ3n) is 6.40. The molecule has 0 saturated heterocycles. The summed E-state index contributed by atoms with van der Waals surface area (Å²) in [6.45, 7) is 4.72. The molecular weight excluding hydrogens is 466 g/mol. The Balaban J connectivity index is 1.46. The maximum Gasteiger partial charge on any atom is 0.279 e. The van der Waals surface area contributed by atoms with Crippen LogP contribution in [0, 0.1) is 0 Å². The molecule has 0 spiro atoms. The number of methoxy groups -OCH3 is 1. The molecule has 3 heterocycles. The van der Waals surface area contributed by atoms with Gasteiger partial charge < -0.3 is 14.6 Å². The smallest absolute Gasteiger partial charge is 0.279 e. The minimum Gasteiger partial charge on any atom is -0.497 e. The van der Waals surface area contributed by atoms with Crippen LogP contribution < -0.4 is 15.6 Å². The molecular formula is C26H26ClN5O3. The number of rotatable bonds is 6. The van der Waals surface area contributed by atoms with Crippen molar-refractivity contribution < 1.29 is 9.53 Å². The van der Waals surface area contributed by atoms with Crippen molar-refractivity contribution >= 4 is 28.8 Å². The normalized spacial score (nSPS) is 13.6. The highest BCUT2D eigenvalue weighted by Gasteiger charge is 2.27. The van der Waals surface area contributed by atoms with E-state index >= 15 is 0 Å². The molecule has 1 N–H and O–H groups in total. The Hall–Kier alpha value is -3.62. The van der Waals surface area contributed by atoms with Crippen molar-refractivity contribution in [3.63, 3.8) is 0 Å². The number of hydrogen-bond donors (Lipinski definition) is 1. The minimum atomic E-state index is -0.319. The van der Waals surface area contributed by atoms with Gasteiger partial charge in [-0.05, 0) is 48.9 Å². The Morgan fingerprint density at radius 3 is 2.57 bits per heavy atom. The number of carbonyl (C=O) groups is 1. The molecule has 4 aromatic rings. The van der Waals surface area contributed by atoms with Gasteiger partial charge in [-0.2, -0.15) is 9.61 Å². The van der Waals surface area contributed by atoms with Gasteiger partial charge in [0, 0.05) is 49.0 Å². The van der Waals surface area contributed by atoms with Gasteiger partial charge in [-0.15, -0.1) is 0 Å². The van der Waals surface area contributed by atoms with E-state index in [9.17, 15) is 9.59 Å². The van der Waals surface area contributed by atoms with E-state index in [1.54, 1.807) is 31.4 Å². The molecule has 9 heteroatoms. The van der Waals surface area contributed by atoms with Crippen LogP contribution in [0.1, 0.15) is 34.1 Å². The van der Waals surface area contributed by atoms with Gasteiger partial charge in [0.2, 0.25) is 0 Å². The molecule has 0 aliphatic carbocycles. The highest BCUT2D eigenvalue weighted by Crippen LogP contribution is 2.23. The quantitative estimate of drug-likeness (QED) is 0.441. The first-order valence-electron chi connectivity index (χ1n) is 11.5. The van der Waals surface area contributed by atoms with E-state index in [0.29, 0.717) is 41.4 Å². The molecule has 8 nitrogen and oxygen atoms in total. The highest BCUT2D eigenvalue weighted by molar-refractivity contribution is 6.30. The molecule has 1 amide bonds. The number of benzene rings is 2. The third kappa shape index (κ3) is 4.42. The van der Waals surface area contributed by atoms with E-state index in [2.05, 4.69) is 15.3 Å². The first-order valence-corrected chi connectivity index (χ1v) is 11.9. The SMILES string of the molecule is CCn1c2c(c(=O)n3ncc(C(=O)Nc4ccc(Cl)cc4)c13)CN(Cc1ccc(OC)cc1)CC2. The van der Waals surface area contributed by atoms with Crippen LogP contribution in [-0.4, -0.2) is 38.6 Å². The number of carbonyl (C=O) groups excluding carboxylic acids is 1. The number of aromatic nitrogens is 3.